The zero-order valence-electron chi connectivity index (χ0n) is 10.1. The Labute approximate surface area is 101 Å². The van der Waals surface area contributed by atoms with E-state index in [0.717, 1.165) is 16.7 Å². The summed E-state index contributed by atoms with van der Waals surface area (Å²) in [6.45, 7) is 8.74. The molecule has 0 atom stereocenters. The van der Waals surface area contributed by atoms with Gasteiger partial charge in [0.2, 0.25) is 0 Å². The minimum absolute atomic E-state index is 0.146. The van der Waals surface area contributed by atoms with Crippen molar-refractivity contribution < 1.29 is 0 Å². The summed E-state index contributed by atoms with van der Waals surface area (Å²) in [6, 6.07) is 2.11. The van der Waals surface area contributed by atoms with E-state index in [1.54, 1.807) is 0 Å². The van der Waals surface area contributed by atoms with E-state index < -0.39 is 0 Å². The minimum Gasteiger partial charge on any atom is -0.355 e. The van der Waals surface area contributed by atoms with Crippen molar-refractivity contribution in [1.82, 2.24) is 4.98 Å². The predicted octanol–water partition coefficient (Wildman–Crippen LogP) is 3.78. The highest BCUT2D eigenvalue weighted by molar-refractivity contribution is 9.10. The second-order valence-corrected chi connectivity index (χ2v) is 5.37. The number of halogens is 1. The number of pyridine rings is 1. The van der Waals surface area contributed by atoms with Crippen LogP contribution in [-0.4, -0.2) is 17.6 Å². The van der Waals surface area contributed by atoms with E-state index in [1.165, 1.54) is 5.56 Å². The van der Waals surface area contributed by atoms with E-state index in [-0.39, 0.29) is 5.54 Å². The zero-order chi connectivity index (χ0) is 11.6. The quantitative estimate of drug-likeness (QED) is 0.831. The second-order valence-electron chi connectivity index (χ2n) is 4.52. The number of hydrogen-bond acceptors (Lipinski definition) is 2. The summed E-state index contributed by atoms with van der Waals surface area (Å²) in [6.07, 6.45) is 2.97. The van der Waals surface area contributed by atoms with Gasteiger partial charge in [0.05, 0.1) is 0 Å². The molecule has 0 aliphatic heterocycles. The van der Waals surface area contributed by atoms with Gasteiger partial charge in [0.1, 0.15) is 5.82 Å². The Morgan fingerprint density at radius 3 is 2.53 bits per heavy atom. The molecule has 0 bridgehead atoms. The molecule has 0 fully saturated rings. The monoisotopic (exact) mass is 270 g/mol. The van der Waals surface area contributed by atoms with Crippen molar-refractivity contribution in [2.75, 3.05) is 11.9 Å². The van der Waals surface area contributed by atoms with Crippen LogP contribution in [0.2, 0.25) is 0 Å². The first kappa shape index (κ1) is 12.5. The molecule has 0 amide bonds. The largest absolute Gasteiger partial charge is 0.355 e. The maximum absolute atomic E-state index is 4.43. The summed E-state index contributed by atoms with van der Waals surface area (Å²) in [5.41, 5.74) is 1.37. The van der Waals surface area contributed by atoms with Gasteiger partial charge >= 0.3 is 0 Å². The van der Waals surface area contributed by atoms with Crippen LogP contribution in [0.25, 0.3) is 0 Å². The average Bonchev–Trinajstić information content (AvgIpc) is 2.21. The fourth-order valence-corrected chi connectivity index (χ4v) is 1.47. The van der Waals surface area contributed by atoms with Crippen molar-refractivity contribution in [1.29, 1.82) is 0 Å². The molecule has 1 heterocycles. The average molecular weight is 271 g/mol. The molecule has 0 aromatic carbocycles. The minimum atomic E-state index is 0.146. The van der Waals surface area contributed by atoms with Crippen molar-refractivity contribution in [3.63, 3.8) is 0 Å². The van der Waals surface area contributed by atoms with Gasteiger partial charge in [-0.2, -0.15) is 0 Å². The van der Waals surface area contributed by atoms with Crippen molar-refractivity contribution in [3.8, 4) is 0 Å². The molecule has 0 saturated heterocycles. The van der Waals surface area contributed by atoms with Crippen LogP contribution in [0.4, 0.5) is 5.82 Å². The molecular formula is C12H19BrN2. The first-order valence-corrected chi connectivity index (χ1v) is 6.03. The molecule has 3 heteroatoms. The normalized spacial score (nSPS) is 11.6. The van der Waals surface area contributed by atoms with Gasteiger partial charge < -0.3 is 4.90 Å². The Hall–Kier alpha value is -0.570. The Morgan fingerprint density at radius 2 is 2.07 bits per heavy atom. The standard InChI is InChI=1S/C12H19BrN2/c1-6-12(3,4)15(5)11-7-9(2)10(13)8-14-11/h7-8H,6H2,1-5H3. The van der Waals surface area contributed by atoms with Crippen LogP contribution in [0.5, 0.6) is 0 Å². The van der Waals surface area contributed by atoms with Crippen LogP contribution in [0.15, 0.2) is 16.7 Å². The topological polar surface area (TPSA) is 16.1 Å². The molecule has 1 rings (SSSR count). The van der Waals surface area contributed by atoms with Crippen LogP contribution in [0, 0.1) is 6.92 Å². The summed E-state index contributed by atoms with van der Waals surface area (Å²) in [5, 5.41) is 0. The van der Waals surface area contributed by atoms with Gasteiger partial charge in [-0.05, 0) is 54.8 Å². The third-order valence-corrected chi connectivity index (χ3v) is 3.98. The lowest BCUT2D eigenvalue weighted by atomic mass is 10.00. The highest BCUT2D eigenvalue weighted by Gasteiger charge is 2.22. The van der Waals surface area contributed by atoms with Crippen LogP contribution >= 0.6 is 15.9 Å². The van der Waals surface area contributed by atoms with Gasteiger partial charge in [0, 0.05) is 23.3 Å². The first-order valence-electron chi connectivity index (χ1n) is 5.24. The van der Waals surface area contributed by atoms with Crippen LogP contribution in [0.3, 0.4) is 0 Å². The van der Waals surface area contributed by atoms with E-state index in [4.69, 9.17) is 0 Å². The molecule has 0 unspecified atom stereocenters. The molecule has 15 heavy (non-hydrogen) atoms. The van der Waals surface area contributed by atoms with Crippen molar-refractivity contribution >= 4 is 21.7 Å². The maximum atomic E-state index is 4.43. The summed E-state index contributed by atoms with van der Waals surface area (Å²) in [5.74, 6) is 1.03. The van der Waals surface area contributed by atoms with Crippen LogP contribution < -0.4 is 4.90 Å². The van der Waals surface area contributed by atoms with E-state index in [1.807, 2.05) is 6.20 Å². The smallest absolute Gasteiger partial charge is 0.128 e. The molecule has 84 valence electrons. The number of aromatic nitrogens is 1. The van der Waals surface area contributed by atoms with Crippen molar-refractivity contribution in [2.45, 2.75) is 39.7 Å². The highest BCUT2D eigenvalue weighted by Crippen LogP contribution is 2.25. The Bertz CT molecular complexity index is 347. The van der Waals surface area contributed by atoms with Crippen molar-refractivity contribution in [3.05, 3.63) is 22.3 Å². The lowest BCUT2D eigenvalue weighted by molar-refractivity contribution is 0.467. The number of anilines is 1. The zero-order valence-corrected chi connectivity index (χ0v) is 11.7. The van der Waals surface area contributed by atoms with Gasteiger partial charge in [-0.3, -0.25) is 0 Å². The molecule has 0 saturated carbocycles. The third-order valence-electron chi connectivity index (χ3n) is 3.15. The Morgan fingerprint density at radius 1 is 1.47 bits per heavy atom. The van der Waals surface area contributed by atoms with Crippen LogP contribution in [0.1, 0.15) is 32.8 Å². The third kappa shape index (κ3) is 2.71. The summed E-state index contributed by atoms with van der Waals surface area (Å²) >= 11 is 3.46. The van der Waals surface area contributed by atoms with E-state index >= 15 is 0 Å². The fraction of sp³-hybridized carbons (Fsp3) is 0.583. The molecule has 1 aromatic rings. The fourth-order valence-electron chi connectivity index (χ4n) is 1.26. The van der Waals surface area contributed by atoms with Crippen LogP contribution in [-0.2, 0) is 0 Å². The lowest BCUT2D eigenvalue weighted by Crippen LogP contribution is -2.41. The summed E-state index contributed by atoms with van der Waals surface area (Å²) < 4.78 is 1.06. The predicted molar refractivity (Wildman–Crippen MR) is 69.4 cm³/mol. The molecular weight excluding hydrogens is 252 g/mol. The molecule has 0 aliphatic rings. The maximum Gasteiger partial charge on any atom is 0.128 e. The SMILES string of the molecule is CCC(C)(C)N(C)c1cc(C)c(Br)cn1. The number of hydrogen-bond donors (Lipinski definition) is 0. The lowest BCUT2D eigenvalue weighted by Gasteiger charge is -2.36. The van der Waals surface area contributed by atoms with Gasteiger partial charge in [0.25, 0.3) is 0 Å². The van der Waals surface area contributed by atoms with Gasteiger partial charge in [-0.15, -0.1) is 0 Å². The first-order chi connectivity index (χ1) is 6.88. The molecule has 0 aliphatic carbocycles. The molecule has 1 aromatic heterocycles. The summed E-state index contributed by atoms with van der Waals surface area (Å²) in [4.78, 5) is 6.66. The van der Waals surface area contributed by atoms with Gasteiger partial charge in [0.15, 0.2) is 0 Å². The van der Waals surface area contributed by atoms with E-state index in [0.29, 0.717) is 0 Å². The number of aryl methyl sites for hydroxylation is 1. The van der Waals surface area contributed by atoms with E-state index in [9.17, 15) is 0 Å². The molecule has 2 nitrogen and oxygen atoms in total. The second kappa shape index (κ2) is 4.52. The summed E-state index contributed by atoms with van der Waals surface area (Å²) in [7, 11) is 2.10. The van der Waals surface area contributed by atoms with Gasteiger partial charge in [-0.1, -0.05) is 6.92 Å². The Kier molecular flexibility index (Phi) is 3.77. The number of nitrogens with zero attached hydrogens (tertiary/aromatic N) is 2. The molecule has 0 N–H and O–H groups in total. The molecule has 0 radical (unpaired) electrons. The van der Waals surface area contributed by atoms with Crippen molar-refractivity contribution in [2.24, 2.45) is 0 Å². The van der Waals surface area contributed by atoms with Gasteiger partial charge in [-0.25, -0.2) is 4.98 Å². The number of rotatable bonds is 3. The highest BCUT2D eigenvalue weighted by atomic mass is 79.9. The van der Waals surface area contributed by atoms with E-state index in [2.05, 4.69) is 66.6 Å². The molecule has 0 spiro atoms. The Balaban J connectivity index is 3.02.